The quantitative estimate of drug-likeness (QED) is 0.240. The number of β-lactam (4-membered cyclic amide) rings is 1. The lowest BCUT2D eigenvalue weighted by molar-refractivity contribution is -0.156. The van der Waals surface area contributed by atoms with E-state index in [4.69, 9.17) is 10.5 Å². The van der Waals surface area contributed by atoms with Gasteiger partial charge in [0.2, 0.25) is 11.8 Å². The van der Waals surface area contributed by atoms with Crippen molar-refractivity contribution in [3.05, 3.63) is 40.6 Å². The molecule has 3 aliphatic heterocycles. The summed E-state index contributed by atoms with van der Waals surface area (Å²) in [6.45, 7) is 3.30. The molecule has 0 unspecified atom stereocenters. The molecule has 5 N–H and O–H groups in total. The second kappa shape index (κ2) is 10.0. The third-order valence-corrected chi connectivity index (χ3v) is 9.00. The molecule has 1 aromatic carbocycles. The molecular formula is C22H29N3O5S2. The van der Waals surface area contributed by atoms with Gasteiger partial charge in [0.25, 0.3) is 0 Å². The number of carbonyl (C=O) groups excluding carboxylic acids is 1. The Hall–Kier alpha value is -1.72. The van der Waals surface area contributed by atoms with Crippen LogP contribution in [0.5, 0.6) is 0 Å². The van der Waals surface area contributed by atoms with Gasteiger partial charge in [-0.15, -0.1) is 23.5 Å². The van der Waals surface area contributed by atoms with E-state index in [0.29, 0.717) is 19.0 Å². The predicted octanol–water partition coefficient (Wildman–Crippen LogP) is 2.42. The van der Waals surface area contributed by atoms with E-state index >= 15 is 0 Å². The number of thioether (sulfide) groups is 2. The maximum Gasteiger partial charge on any atom is 0.512 e. The molecule has 2 fully saturated rings. The molecule has 2 saturated heterocycles. The van der Waals surface area contributed by atoms with Crippen LogP contribution in [0.4, 0.5) is 4.79 Å². The first-order chi connectivity index (χ1) is 15.4. The van der Waals surface area contributed by atoms with E-state index in [-0.39, 0.29) is 41.5 Å². The van der Waals surface area contributed by atoms with Crippen LogP contribution < -0.4 is 11.1 Å². The lowest BCUT2D eigenvalue weighted by Crippen LogP contribution is -2.60. The highest BCUT2D eigenvalue weighted by atomic mass is 32.2. The number of fused-ring (bicyclic) bond motifs is 1. The third-order valence-electron chi connectivity index (χ3n) is 6.33. The smallest absolute Gasteiger partial charge is 0.449 e. The third kappa shape index (κ3) is 4.65. The van der Waals surface area contributed by atoms with Crippen LogP contribution in [0.25, 0.3) is 0 Å². The van der Waals surface area contributed by atoms with Gasteiger partial charge in [0.1, 0.15) is 0 Å². The first-order valence-electron chi connectivity index (χ1n) is 10.8. The molecule has 5 atom stereocenters. The highest BCUT2D eigenvalue weighted by Crippen LogP contribution is 2.52. The van der Waals surface area contributed by atoms with Crippen molar-refractivity contribution in [2.75, 3.05) is 18.9 Å². The fourth-order valence-electron chi connectivity index (χ4n) is 4.72. The maximum atomic E-state index is 12.5. The van der Waals surface area contributed by atoms with E-state index in [1.807, 2.05) is 6.92 Å². The van der Waals surface area contributed by atoms with Gasteiger partial charge in [-0.05, 0) is 30.5 Å². The molecule has 1 amide bonds. The summed E-state index contributed by atoms with van der Waals surface area (Å²) >= 11 is 3.43. The Morgan fingerprint density at radius 1 is 1.34 bits per heavy atom. The fourth-order valence-corrected chi connectivity index (χ4v) is 7.15. The van der Waals surface area contributed by atoms with E-state index in [9.17, 15) is 19.8 Å². The van der Waals surface area contributed by atoms with E-state index in [0.717, 1.165) is 29.2 Å². The number of nitrogens with one attached hydrogen (secondary N) is 1. The molecular weight excluding hydrogens is 450 g/mol. The number of nitrogens with two attached hydrogens (primary N) is 1. The summed E-state index contributed by atoms with van der Waals surface area (Å²) in [5.74, 6) is 0.645. The minimum Gasteiger partial charge on any atom is -0.449 e. The Balaban J connectivity index is 1.37. The van der Waals surface area contributed by atoms with Gasteiger partial charge in [-0.1, -0.05) is 19.1 Å². The van der Waals surface area contributed by atoms with Gasteiger partial charge in [-0.3, -0.25) is 9.69 Å². The number of rotatable bonds is 9. The van der Waals surface area contributed by atoms with Crippen LogP contribution in [-0.2, 0) is 16.1 Å². The molecule has 3 aliphatic rings. The Bertz CT molecular complexity index is 894. The maximum absolute atomic E-state index is 12.5. The van der Waals surface area contributed by atoms with E-state index in [1.54, 1.807) is 23.5 Å². The first kappa shape index (κ1) is 23.4. The highest BCUT2D eigenvalue weighted by Gasteiger charge is 2.58. The van der Waals surface area contributed by atoms with Crippen LogP contribution >= 0.6 is 23.5 Å². The zero-order chi connectivity index (χ0) is 22.8. The van der Waals surface area contributed by atoms with Gasteiger partial charge in [0, 0.05) is 47.6 Å². The number of carboxylic acid groups (broad SMARTS) is 1. The van der Waals surface area contributed by atoms with Crippen molar-refractivity contribution in [3.8, 4) is 0 Å². The van der Waals surface area contributed by atoms with Crippen molar-refractivity contribution >= 4 is 35.6 Å². The lowest BCUT2D eigenvalue weighted by atomic mass is 9.80. The van der Waals surface area contributed by atoms with Crippen molar-refractivity contribution in [1.82, 2.24) is 10.2 Å². The summed E-state index contributed by atoms with van der Waals surface area (Å²) in [4.78, 5) is 27.3. The van der Waals surface area contributed by atoms with Crippen LogP contribution in [0.1, 0.15) is 25.3 Å². The Morgan fingerprint density at radius 2 is 2.09 bits per heavy atom. The summed E-state index contributed by atoms with van der Waals surface area (Å²) in [5, 5.41) is 22.3. The van der Waals surface area contributed by atoms with Crippen molar-refractivity contribution < 1.29 is 24.5 Å². The van der Waals surface area contributed by atoms with E-state index < -0.39 is 6.16 Å². The Kier molecular flexibility index (Phi) is 7.36. The SMILES string of the molecule is C[C@H]1C(S[C@@H]2CN[C@H](CSc3ccc(CN)cc3)C2)=C(OC(=O)O)N2C(=O)[C@@H](CCO)[C@@H]12. The number of hydrogen-bond acceptors (Lipinski definition) is 8. The van der Waals surface area contributed by atoms with Gasteiger partial charge in [-0.2, -0.15) is 0 Å². The van der Waals surface area contributed by atoms with Crippen molar-refractivity contribution in [2.45, 2.75) is 48.5 Å². The van der Waals surface area contributed by atoms with Crippen LogP contribution in [0.3, 0.4) is 0 Å². The fraction of sp³-hybridized carbons (Fsp3) is 0.545. The van der Waals surface area contributed by atoms with Gasteiger partial charge in [0.15, 0.2) is 0 Å². The van der Waals surface area contributed by atoms with Crippen molar-refractivity contribution in [3.63, 3.8) is 0 Å². The van der Waals surface area contributed by atoms with E-state index in [2.05, 4.69) is 29.6 Å². The second-order valence-corrected chi connectivity index (χ2v) is 10.8. The number of ether oxygens (including phenoxy) is 1. The minimum absolute atomic E-state index is 0.0157. The molecule has 1 aromatic rings. The average molecular weight is 480 g/mol. The molecule has 0 aliphatic carbocycles. The molecule has 0 aromatic heterocycles. The Morgan fingerprint density at radius 3 is 2.75 bits per heavy atom. The van der Waals surface area contributed by atoms with E-state index in [1.165, 1.54) is 9.80 Å². The van der Waals surface area contributed by atoms with Crippen LogP contribution in [0.2, 0.25) is 0 Å². The zero-order valence-corrected chi connectivity index (χ0v) is 19.5. The summed E-state index contributed by atoms with van der Waals surface area (Å²) in [5.41, 5.74) is 6.77. The standard InChI is InChI=1S/C22H29N3O5S2/c1-12-18-17(6-7-26)20(27)25(18)21(30-22(28)29)19(12)32-16-8-14(24-10-16)11-31-15-4-2-13(9-23)3-5-15/h2-5,12,14,16-18,24,26H,6-11,23H2,1H3,(H,28,29)/t12-,14+,16+,17+,18-/m1/s1. The van der Waals surface area contributed by atoms with Gasteiger partial charge < -0.3 is 26.0 Å². The van der Waals surface area contributed by atoms with Gasteiger partial charge >= 0.3 is 6.16 Å². The Labute approximate surface area is 195 Å². The van der Waals surface area contributed by atoms with Crippen molar-refractivity contribution in [2.24, 2.45) is 17.6 Å². The summed E-state index contributed by atoms with van der Waals surface area (Å²) < 4.78 is 5.07. The molecule has 10 heteroatoms. The summed E-state index contributed by atoms with van der Waals surface area (Å²) in [6.07, 6.45) is -0.0729. The van der Waals surface area contributed by atoms with Crippen LogP contribution in [0.15, 0.2) is 39.9 Å². The molecule has 0 saturated carbocycles. The summed E-state index contributed by atoms with van der Waals surface area (Å²) in [7, 11) is 0. The predicted molar refractivity (Wildman–Crippen MR) is 124 cm³/mol. The largest absolute Gasteiger partial charge is 0.512 e. The van der Waals surface area contributed by atoms with Crippen LogP contribution in [0, 0.1) is 11.8 Å². The monoisotopic (exact) mass is 479 g/mol. The molecule has 32 heavy (non-hydrogen) atoms. The normalized spacial score (nSPS) is 29.3. The molecule has 174 valence electrons. The van der Waals surface area contributed by atoms with Crippen molar-refractivity contribution in [1.29, 1.82) is 0 Å². The second-order valence-electron chi connectivity index (χ2n) is 8.38. The number of amides is 1. The number of benzene rings is 1. The minimum atomic E-state index is -1.41. The molecule has 4 rings (SSSR count). The number of carbonyl (C=O) groups is 2. The van der Waals surface area contributed by atoms with Gasteiger partial charge in [0.05, 0.1) is 16.9 Å². The zero-order valence-electron chi connectivity index (χ0n) is 17.9. The number of aliphatic hydroxyl groups is 1. The molecule has 0 radical (unpaired) electrons. The average Bonchev–Trinajstić information content (AvgIpc) is 3.32. The molecule has 0 spiro atoms. The number of nitrogens with zero attached hydrogens (tertiary/aromatic N) is 1. The number of aliphatic hydroxyl groups excluding tert-OH is 1. The lowest BCUT2D eigenvalue weighted by Gasteiger charge is -2.44. The molecule has 0 bridgehead atoms. The first-order valence-corrected chi connectivity index (χ1v) is 12.7. The highest BCUT2D eigenvalue weighted by molar-refractivity contribution is 8.03. The molecule has 3 heterocycles. The summed E-state index contributed by atoms with van der Waals surface area (Å²) in [6, 6.07) is 8.51. The molecule has 8 nitrogen and oxygen atoms in total. The van der Waals surface area contributed by atoms with Gasteiger partial charge in [-0.25, -0.2) is 4.79 Å². The number of hydrogen-bond donors (Lipinski definition) is 4. The van der Waals surface area contributed by atoms with Crippen LogP contribution in [-0.4, -0.2) is 63.4 Å². The topological polar surface area (TPSA) is 125 Å².